The molecule has 0 fully saturated rings. The first-order chi connectivity index (χ1) is 12.0. The van der Waals surface area contributed by atoms with E-state index < -0.39 is 11.7 Å². The van der Waals surface area contributed by atoms with E-state index in [1.165, 1.54) is 23.2 Å². The number of para-hydroxylation sites is 1. The van der Waals surface area contributed by atoms with Crippen molar-refractivity contribution >= 4 is 17.6 Å². The molecular formula is C18H19FN4O2. The lowest BCUT2D eigenvalue weighted by Gasteiger charge is -2.31. The Bertz CT molecular complexity index is 822. The number of urea groups is 1. The second kappa shape index (κ2) is 6.88. The second-order valence-corrected chi connectivity index (χ2v) is 6.11. The summed E-state index contributed by atoms with van der Waals surface area (Å²) in [6.07, 6.45) is 3.71. The number of nitrogens with zero attached hydrogens (tertiary/aromatic N) is 3. The fourth-order valence-corrected chi connectivity index (χ4v) is 2.89. The number of fused-ring (bicyclic) bond motifs is 1. The third-order valence-electron chi connectivity index (χ3n) is 4.16. The van der Waals surface area contributed by atoms with Gasteiger partial charge in [-0.2, -0.15) is 0 Å². The molecule has 1 N–H and O–H groups in total. The molecule has 2 aromatic rings. The fourth-order valence-electron chi connectivity index (χ4n) is 2.89. The monoisotopic (exact) mass is 342 g/mol. The van der Waals surface area contributed by atoms with Crippen molar-refractivity contribution in [2.24, 2.45) is 0 Å². The van der Waals surface area contributed by atoms with Crippen LogP contribution < -0.4 is 5.32 Å². The number of aromatic nitrogens is 1. The topological polar surface area (TPSA) is 65.5 Å². The molecule has 7 heteroatoms. The van der Waals surface area contributed by atoms with E-state index in [0.29, 0.717) is 25.1 Å². The molecule has 0 aliphatic carbocycles. The summed E-state index contributed by atoms with van der Waals surface area (Å²) in [6.45, 7) is 0.925. The van der Waals surface area contributed by atoms with Crippen LogP contribution in [0.3, 0.4) is 0 Å². The summed E-state index contributed by atoms with van der Waals surface area (Å²) in [5.41, 5.74) is 2.23. The maximum absolute atomic E-state index is 13.7. The van der Waals surface area contributed by atoms with Gasteiger partial charge in [0.05, 0.1) is 11.3 Å². The van der Waals surface area contributed by atoms with Crippen molar-refractivity contribution in [1.82, 2.24) is 14.8 Å². The van der Waals surface area contributed by atoms with Crippen LogP contribution in [0.1, 0.15) is 21.5 Å². The number of hydrogen-bond acceptors (Lipinski definition) is 3. The summed E-state index contributed by atoms with van der Waals surface area (Å²) in [5, 5.41) is 2.59. The highest BCUT2D eigenvalue weighted by Gasteiger charge is 2.25. The summed E-state index contributed by atoms with van der Waals surface area (Å²) in [7, 11) is 3.41. The molecule has 25 heavy (non-hydrogen) atoms. The highest BCUT2D eigenvalue weighted by Crippen LogP contribution is 2.23. The maximum atomic E-state index is 13.7. The van der Waals surface area contributed by atoms with Gasteiger partial charge in [-0.1, -0.05) is 12.1 Å². The highest BCUT2D eigenvalue weighted by molar-refractivity contribution is 6.05. The van der Waals surface area contributed by atoms with Crippen molar-refractivity contribution in [2.45, 2.75) is 13.0 Å². The molecule has 0 saturated carbocycles. The molecule has 3 rings (SSSR count). The number of rotatable bonds is 2. The van der Waals surface area contributed by atoms with Gasteiger partial charge in [-0.3, -0.25) is 9.78 Å². The van der Waals surface area contributed by atoms with E-state index in [1.54, 1.807) is 37.3 Å². The van der Waals surface area contributed by atoms with Gasteiger partial charge in [0.1, 0.15) is 5.82 Å². The minimum Gasteiger partial charge on any atom is -0.331 e. The Morgan fingerprint density at radius 1 is 1.24 bits per heavy atom. The number of carbonyl (C=O) groups excluding carboxylic acids is 2. The summed E-state index contributed by atoms with van der Waals surface area (Å²) >= 11 is 0. The van der Waals surface area contributed by atoms with Crippen molar-refractivity contribution in [3.05, 3.63) is 59.2 Å². The maximum Gasteiger partial charge on any atom is 0.319 e. The zero-order valence-electron chi connectivity index (χ0n) is 14.1. The molecule has 0 radical (unpaired) electrons. The normalized spacial score (nSPS) is 13.2. The van der Waals surface area contributed by atoms with E-state index in [-0.39, 0.29) is 11.7 Å². The van der Waals surface area contributed by atoms with Gasteiger partial charge in [-0.05, 0) is 29.7 Å². The van der Waals surface area contributed by atoms with Crippen molar-refractivity contribution in [1.29, 1.82) is 0 Å². The fraction of sp³-hybridized carbons (Fsp3) is 0.278. The third kappa shape index (κ3) is 3.45. The standard InChI is InChI=1S/C18H19FN4O2/c1-22(2)18(25)23-8-7-13-12(11-23)9-20-10-14(13)17(24)21-16-6-4-3-5-15(16)19/h3-6,9-10H,7-8,11H2,1-2H3,(H,21,24). The number of hydrogen-bond donors (Lipinski definition) is 1. The van der Waals surface area contributed by atoms with Crippen molar-refractivity contribution < 1.29 is 14.0 Å². The summed E-state index contributed by atoms with van der Waals surface area (Å²) < 4.78 is 13.7. The molecule has 0 unspecified atom stereocenters. The van der Waals surface area contributed by atoms with Crippen LogP contribution in [0.2, 0.25) is 0 Å². The number of anilines is 1. The zero-order chi connectivity index (χ0) is 18.0. The molecule has 1 aliphatic heterocycles. The van der Waals surface area contributed by atoms with Gasteiger partial charge in [0.15, 0.2) is 0 Å². The van der Waals surface area contributed by atoms with Crippen LogP contribution in [0.4, 0.5) is 14.9 Å². The smallest absolute Gasteiger partial charge is 0.319 e. The van der Waals surface area contributed by atoms with Crippen LogP contribution in [-0.2, 0) is 13.0 Å². The average molecular weight is 342 g/mol. The third-order valence-corrected chi connectivity index (χ3v) is 4.16. The van der Waals surface area contributed by atoms with Gasteiger partial charge in [0.25, 0.3) is 5.91 Å². The Balaban J connectivity index is 1.83. The minimum absolute atomic E-state index is 0.0770. The zero-order valence-corrected chi connectivity index (χ0v) is 14.1. The molecule has 1 aliphatic rings. The van der Waals surface area contributed by atoms with Crippen molar-refractivity contribution in [2.75, 3.05) is 26.0 Å². The molecule has 1 aromatic carbocycles. The predicted octanol–water partition coefficient (Wildman–Crippen LogP) is 2.51. The van der Waals surface area contributed by atoms with Gasteiger partial charge in [-0.25, -0.2) is 9.18 Å². The predicted molar refractivity (Wildman–Crippen MR) is 91.8 cm³/mol. The lowest BCUT2D eigenvalue weighted by Crippen LogP contribution is -2.42. The molecule has 130 valence electrons. The van der Waals surface area contributed by atoms with Gasteiger partial charge >= 0.3 is 6.03 Å². The van der Waals surface area contributed by atoms with Crippen LogP contribution in [0.25, 0.3) is 0 Å². The molecule has 0 bridgehead atoms. The number of pyridine rings is 1. The van der Waals surface area contributed by atoms with Crippen LogP contribution in [0.5, 0.6) is 0 Å². The molecule has 0 atom stereocenters. The van der Waals surface area contributed by atoms with Crippen LogP contribution in [0, 0.1) is 5.82 Å². The van der Waals surface area contributed by atoms with Crippen molar-refractivity contribution in [3.63, 3.8) is 0 Å². The van der Waals surface area contributed by atoms with Gasteiger partial charge < -0.3 is 15.1 Å². The molecule has 1 aromatic heterocycles. The molecule has 3 amide bonds. The first-order valence-electron chi connectivity index (χ1n) is 7.95. The first kappa shape index (κ1) is 16.9. The van der Waals surface area contributed by atoms with E-state index in [2.05, 4.69) is 10.3 Å². The van der Waals surface area contributed by atoms with E-state index in [4.69, 9.17) is 0 Å². The Morgan fingerprint density at radius 3 is 2.72 bits per heavy atom. The van der Waals surface area contributed by atoms with Crippen molar-refractivity contribution in [3.8, 4) is 0 Å². The first-order valence-corrected chi connectivity index (χ1v) is 7.95. The lowest BCUT2D eigenvalue weighted by molar-refractivity contribution is 0.102. The number of amides is 3. The quantitative estimate of drug-likeness (QED) is 0.912. The Morgan fingerprint density at radius 2 is 2.00 bits per heavy atom. The molecule has 0 spiro atoms. The Hall–Kier alpha value is -2.96. The molecule has 6 nitrogen and oxygen atoms in total. The summed E-state index contributed by atoms with van der Waals surface area (Å²) in [4.78, 5) is 32.0. The van der Waals surface area contributed by atoms with E-state index in [9.17, 15) is 14.0 Å². The number of benzene rings is 1. The molecule has 2 heterocycles. The van der Waals surface area contributed by atoms with Gasteiger partial charge in [0, 0.05) is 39.6 Å². The average Bonchev–Trinajstić information content (AvgIpc) is 2.61. The Kier molecular flexibility index (Phi) is 4.65. The number of nitrogens with one attached hydrogen (secondary N) is 1. The minimum atomic E-state index is -0.489. The lowest BCUT2D eigenvalue weighted by atomic mass is 9.97. The largest absolute Gasteiger partial charge is 0.331 e. The van der Waals surface area contributed by atoms with Gasteiger partial charge in [-0.15, -0.1) is 0 Å². The van der Waals surface area contributed by atoms with Crippen LogP contribution >= 0.6 is 0 Å². The molecular weight excluding hydrogens is 323 g/mol. The molecule has 0 saturated heterocycles. The summed E-state index contributed by atoms with van der Waals surface area (Å²) in [6, 6.07) is 5.94. The Labute approximate surface area is 145 Å². The van der Waals surface area contributed by atoms with E-state index in [1.807, 2.05) is 0 Å². The number of carbonyl (C=O) groups is 2. The van der Waals surface area contributed by atoms with E-state index in [0.717, 1.165) is 11.1 Å². The van der Waals surface area contributed by atoms with E-state index >= 15 is 0 Å². The van der Waals surface area contributed by atoms with Crippen LogP contribution in [0.15, 0.2) is 36.7 Å². The SMILES string of the molecule is CN(C)C(=O)N1CCc2c(cncc2C(=O)Nc2ccccc2F)C1. The highest BCUT2D eigenvalue weighted by atomic mass is 19.1. The van der Waals surface area contributed by atoms with Crippen LogP contribution in [-0.4, -0.2) is 47.4 Å². The number of halogens is 1. The van der Waals surface area contributed by atoms with Gasteiger partial charge in [0.2, 0.25) is 0 Å². The second-order valence-electron chi connectivity index (χ2n) is 6.11. The summed E-state index contributed by atoms with van der Waals surface area (Å²) in [5.74, 6) is -0.891.